The van der Waals surface area contributed by atoms with Crippen molar-refractivity contribution in [1.82, 2.24) is 5.48 Å². The highest BCUT2D eigenvalue weighted by Gasteiger charge is 2.12. The highest BCUT2D eigenvalue weighted by atomic mass is 35.5. The topological polar surface area (TPSA) is 47.6 Å². The molecule has 4 nitrogen and oxygen atoms in total. The van der Waals surface area contributed by atoms with Gasteiger partial charge in [-0.25, -0.2) is 5.48 Å². The third kappa shape index (κ3) is 5.94. The van der Waals surface area contributed by atoms with E-state index < -0.39 is 0 Å². The van der Waals surface area contributed by atoms with Gasteiger partial charge in [0.1, 0.15) is 5.75 Å². The van der Waals surface area contributed by atoms with Crippen molar-refractivity contribution in [3.63, 3.8) is 0 Å². The lowest BCUT2D eigenvalue weighted by molar-refractivity contribution is -0.145. The molecule has 19 heavy (non-hydrogen) atoms. The van der Waals surface area contributed by atoms with Crippen LogP contribution in [-0.4, -0.2) is 18.6 Å². The van der Waals surface area contributed by atoms with E-state index in [-0.39, 0.29) is 11.5 Å². The minimum Gasteiger partial charge on any atom is -0.495 e. The summed E-state index contributed by atoms with van der Waals surface area (Å²) in [5.74, 6) is 0.479. The van der Waals surface area contributed by atoms with Crippen molar-refractivity contribution < 1.29 is 14.4 Å². The van der Waals surface area contributed by atoms with Gasteiger partial charge in [0.25, 0.3) is 0 Å². The Hall–Kier alpha value is -1.26. The number of amides is 1. The first-order valence-corrected chi connectivity index (χ1v) is 6.49. The Morgan fingerprint density at radius 2 is 2.05 bits per heavy atom. The maximum absolute atomic E-state index is 11.6. The molecule has 0 aliphatic heterocycles. The monoisotopic (exact) mass is 285 g/mol. The number of rotatable bonds is 5. The van der Waals surface area contributed by atoms with E-state index in [9.17, 15) is 4.79 Å². The smallest absolute Gasteiger partial charge is 0.243 e. The zero-order valence-electron chi connectivity index (χ0n) is 11.7. The molecule has 5 heteroatoms. The van der Waals surface area contributed by atoms with Gasteiger partial charge in [-0.1, -0.05) is 17.7 Å². The Morgan fingerprint density at radius 1 is 1.37 bits per heavy atom. The van der Waals surface area contributed by atoms with Crippen LogP contribution < -0.4 is 10.2 Å². The molecule has 0 bridgehead atoms. The molecular weight excluding hydrogens is 266 g/mol. The molecule has 0 spiro atoms. The minimum atomic E-state index is -0.390. The SMILES string of the molecule is COc1ccc(CCC(=O)NOC(C)(C)C)cc1Cl. The Balaban J connectivity index is 2.44. The van der Waals surface area contributed by atoms with Crippen molar-refractivity contribution >= 4 is 17.5 Å². The first-order chi connectivity index (χ1) is 8.81. The molecule has 0 radical (unpaired) electrons. The normalized spacial score (nSPS) is 11.2. The fourth-order valence-corrected chi connectivity index (χ4v) is 1.66. The number of hydroxylamine groups is 1. The lowest BCUT2D eigenvalue weighted by atomic mass is 10.1. The number of hydrogen-bond acceptors (Lipinski definition) is 3. The first kappa shape index (κ1) is 15.8. The van der Waals surface area contributed by atoms with Crippen LogP contribution in [0.15, 0.2) is 18.2 Å². The predicted molar refractivity (Wildman–Crippen MR) is 75.3 cm³/mol. The largest absolute Gasteiger partial charge is 0.495 e. The van der Waals surface area contributed by atoms with Crippen LogP contribution in [0.4, 0.5) is 0 Å². The van der Waals surface area contributed by atoms with Gasteiger partial charge >= 0.3 is 0 Å². The molecule has 0 saturated carbocycles. The molecule has 1 rings (SSSR count). The van der Waals surface area contributed by atoms with Crippen LogP contribution in [0, 0.1) is 0 Å². The lowest BCUT2D eigenvalue weighted by Crippen LogP contribution is -2.33. The van der Waals surface area contributed by atoms with Crippen LogP contribution in [0.25, 0.3) is 0 Å². The van der Waals surface area contributed by atoms with Crippen LogP contribution in [0.2, 0.25) is 5.02 Å². The van der Waals surface area contributed by atoms with Crippen LogP contribution >= 0.6 is 11.6 Å². The van der Waals surface area contributed by atoms with E-state index in [0.717, 1.165) is 5.56 Å². The molecule has 0 atom stereocenters. The molecule has 0 aromatic heterocycles. The Kier molecular flexibility index (Phi) is 5.63. The van der Waals surface area contributed by atoms with Gasteiger partial charge in [-0.3, -0.25) is 9.63 Å². The third-order valence-corrected chi connectivity index (χ3v) is 2.62. The second kappa shape index (κ2) is 6.78. The number of ether oxygens (including phenoxy) is 1. The number of methoxy groups -OCH3 is 1. The number of halogens is 1. The molecule has 0 aliphatic rings. The second-order valence-corrected chi connectivity index (χ2v) is 5.62. The van der Waals surface area contributed by atoms with E-state index in [1.807, 2.05) is 26.8 Å². The van der Waals surface area contributed by atoms with Crippen molar-refractivity contribution in [2.24, 2.45) is 0 Å². The van der Waals surface area contributed by atoms with E-state index in [0.29, 0.717) is 23.6 Å². The molecule has 0 unspecified atom stereocenters. The standard InChI is InChI=1S/C14H20ClNO3/c1-14(2,3)19-16-13(17)8-6-10-5-7-12(18-4)11(15)9-10/h5,7,9H,6,8H2,1-4H3,(H,16,17). The molecule has 1 amide bonds. The fourth-order valence-electron chi connectivity index (χ4n) is 1.38. The van der Waals surface area contributed by atoms with Gasteiger partial charge in [-0.15, -0.1) is 0 Å². The summed E-state index contributed by atoms with van der Waals surface area (Å²) < 4.78 is 5.07. The summed E-state index contributed by atoms with van der Waals surface area (Å²) in [5, 5.41) is 0.548. The van der Waals surface area contributed by atoms with Crippen LogP contribution in [0.1, 0.15) is 32.8 Å². The predicted octanol–water partition coefficient (Wildman–Crippen LogP) is 3.13. The van der Waals surface area contributed by atoms with Crippen LogP contribution in [0.3, 0.4) is 0 Å². The summed E-state index contributed by atoms with van der Waals surface area (Å²) in [6.07, 6.45) is 0.946. The van der Waals surface area contributed by atoms with Gasteiger partial charge < -0.3 is 4.74 Å². The van der Waals surface area contributed by atoms with Gasteiger partial charge in [0.05, 0.1) is 17.7 Å². The summed E-state index contributed by atoms with van der Waals surface area (Å²) in [6, 6.07) is 5.49. The average molecular weight is 286 g/mol. The Bertz CT molecular complexity index is 441. The van der Waals surface area contributed by atoms with E-state index in [4.69, 9.17) is 21.2 Å². The summed E-state index contributed by atoms with van der Waals surface area (Å²) >= 11 is 6.02. The Labute approximate surface area is 119 Å². The van der Waals surface area contributed by atoms with Gasteiger partial charge in [0, 0.05) is 6.42 Å². The van der Waals surface area contributed by atoms with Crippen LogP contribution in [-0.2, 0) is 16.1 Å². The molecule has 1 N–H and O–H groups in total. The van der Waals surface area contributed by atoms with Crippen molar-refractivity contribution in [3.05, 3.63) is 28.8 Å². The molecule has 0 aliphatic carbocycles. The number of carbonyl (C=O) groups excluding carboxylic acids is 1. The highest BCUT2D eigenvalue weighted by molar-refractivity contribution is 6.32. The number of aryl methyl sites for hydroxylation is 1. The van der Waals surface area contributed by atoms with E-state index >= 15 is 0 Å². The molecular formula is C14H20ClNO3. The van der Waals surface area contributed by atoms with E-state index in [1.54, 1.807) is 19.2 Å². The average Bonchev–Trinajstić information content (AvgIpc) is 2.33. The molecule has 106 valence electrons. The quantitative estimate of drug-likeness (QED) is 0.846. The molecule has 0 fully saturated rings. The minimum absolute atomic E-state index is 0.151. The summed E-state index contributed by atoms with van der Waals surface area (Å²) in [4.78, 5) is 16.8. The maximum Gasteiger partial charge on any atom is 0.243 e. The molecule has 0 saturated heterocycles. The van der Waals surface area contributed by atoms with Crippen molar-refractivity contribution in [1.29, 1.82) is 0 Å². The van der Waals surface area contributed by atoms with Gasteiger partial charge in [0.2, 0.25) is 5.91 Å². The van der Waals surface area contributed by atoms with Gasteiger partial charge in [0.15, 0.2) is 0 Å². The fraction of sp³-hybridized carbons (Fsp3) is 0.500. The Morgan fingerprint density at radius 3 is 2.58 bits per heavy atom. The summed E-state index contributed by atoms with van der Waals surface area (Å²) in [6.45, 7) is 5.61. The summed E-state index contributed by atoms with van der Waals surface area (Å²) in [7, 11) is 1.57. The number of carbonyl (C=O) groups is 1. The zero-order valence-corrected chi connectivity index (χ0v) is 12.5. The third-order valence-electron chi connectivity index (χ3n) is 2.33. The highest BCUT2D eigenvalue weighted by Crippen LogP contribution is 2.25. The van der Waals surface area contributed by atoms with Gasteiger partial charge in [-0.05, 0) is 44.9 Å². The molecule has 1 aromatic rings. The second-order valence-electron chi connectivity index (χ2n) is 5.21. The van der Waals surface area contributed by atoms with Crippen molar-refractivity contribution in [2.45, 2.75) is 39.2 Å². The van der Waals surface area contributed by atoms with Crippen LogP contribution in [0.5, 0.6) is 5.75 Å². The lowest BCUT2D eigenvalue weighted by Gasteiger charge is -2.18. The molecule has 1 aromatic carbocycles. The van der Waals surface area contributed by atoms with E-state index in [2.05, 4.69) is 5.48 Å². The van der Waals surface area contributed by atoms with Crippen molar-refractivity contribution in [3.8, 4) is 5.75 Å². The van der Waals surface area contributed by atoms with E-state index in [1.165, 1.54) is 0 Å². The number of benzene rings is 1. The first-order valence-electron chi connectivity index (χ1n) is 6.11. The van der Waals surface area contributed by atoms with Gasteiger partial charge in [-0.2, -0.15) is 0 Å². The number of hydrogen-bond donors (Lipinski definition) is 1. The summed E-state index contributed by atoms with van der Waals surface area (Å²) in [5.41, 5.74) is 3.03. The zero-order chi connectivity index (χ0) is 14.5. The number of nitrogens with one attached hydrogen (secondary N) is 1. The molecule has 0 heterocycles. The van der Waals surface area contributed by atoms with Crippen molar-refractivity contribution in [2.75, 3.05) is 7.11 Å². The maximum atomic E-state index is 11.6.